The molecule has 2 saturated heterocycles. The zero-order chi connectivity index (χ0) is 47.0. The Morgan fingerprint density at radius 1 is 0.788 bits per heavy atom. The number of hydrogen-bond donors (Lipinski definition) is 9. The second kappa shape index (κ2) is 24.2. The summed E-state index contributed by atoms with van der Waals surface area (Å²) >= 11 is 0. The molecule has 3 fully saturated rings. The third-order valence-electron chi connectivity index (χ3n) is 12.9. The van der Waals surface area contributed by atoms with Crippen molar-refractivity contribution in [2.24, 2.45) is 22.4 Å². The molecule has 3 aromatic rings. The van der Waals surface area contributed by atoms with Crippen molar-refractivity contribution in [2.75, 3.05) is 19.6 Å². The third kappa shape index (κ3) is 14.0. The van der Waals surface area contributed by atoms with E-state index in [1.54, 1.807) is 6.20 Å². The van der Waals surface area contributed by atoms with Crippen molar-refractivity contribution >= 4 is 58.2 Å². The standard InChI is InChI=1S/C48H67N11O7/c1-30(60)54-38(26-31-14-4-2-5-15-31)43(62)56-37-21-12-24-51-42(61)36(20-10-11-23-52-48(49)50)55-45(64)40(28-33-29-53-35-19-9-8-18-34(33)35)57-44(63)39(27-32-16-6-3-7-17-32)58-46(65)41-22-13-25-59(41)47(37)66/h2,4-5,8-9,14-15,18-19,29,32,36-41,53H,3,6-7,10-13,16-17,20-28H2,1H3,(H,51,61)(H,54,60)(H,55,64)(H,56,62)(H,57,63)(H,58,65)(H4,49,50,52)/t36-,37?,38-,39+,40-,41-/m0/s1. The molecule has 0 spiro atoms. The fraction of sp³-hybridized carbons (Fsp3) is 0.542. The van der Waals surface area contributed by atoms with Crippen LogP contribution < -0.4 is 43.4 Å². The number of unbranched alkanes of at least 4 members (excludes halogenated alkanes) is 1. The van der Waals surface area contributed by atoms with Crippen molar-refractivity contribution in [2.45, 2.75) is 139 Å². The number of carbonyl (C=O) groups is 7. The number of para-hydroxylation sites is 1. The maximum absolute atomic E-state index is 14.6. The average molecular weight is 910 g/mol. The maximum atomic E-state index is 14.6. The first-order valence-corrected chi connectivity index (χ1v) is 23.6. The number of aliphatic imine (C=N–C) groups is 1. The quantitative estimate of drug-likeness (QED) is 0.0646. The number of aromatic nitrogens is 1. The van der Waals surface area contributed by atoms with Gasteiger partial charge in [0.25, 0.3) is 0 Å². The average Bonchev–Trinajstić information content (AvgIpc) is 3.96. The lowest BCUT2D eigenvalue weighted by molar-refractivity contribution is -0.142. The molecule has 7 amide bonds. The van der Waals surface area contributed by atoms with E-state index in [1.165, 1.54) is 11.8 Å². The molecule has 3 heterocycles. The van der Waals surface area contributed by atoms with Gasteiger partial charge >= 0.3 is 0 Å². The van der Waals surface area contributed by atoms with Crippen LogP contribution in [0.3, 0.4) is 0 Å². The van der Waals surface area contributed by atoms with Crippen LogP contribution in [0.25, 0.3) is 10.9 Å². The monoisotopic (exact) mass is 910 g/mol. The van der Waals surface area contributed by atoms with Crippen LogP contribution in [0.5, 0.6) is 0 Å². The number of benzene rings is 2. The summed E-state index contributed by atoms with van der Waals surface area (Å²) in [6, 6.07) is 10.6. The summed E-state index contributed by atoms with van der Waals surface area (Å²) < 4.78 is 0. The molecule has 1 aliphatic carbocycles. The fourth-order valence-corrected chi connectivity index (χ4v) is 9.45. The number of nitrogens with one attached hydrogen (secondary N) is 7. The number of amides is 7. The molecule has 1 unspecified atom stereocenters. The Kier molecular flexibility index (Phi) is 17.9. The van der Waals surface area contributed by atoms with Crippen LogP contribution in [0, 0.1) is 5.92 Å². The number of aromatic amines is 1. The smallest absolute Gasteiger partial charge is 0.245 e. The predicted octanol–water partition coefficient (Wildman–Crippen LogP) is 1.71. The molecule has 1 aromatic heterocycles. The number of fused-ring (bicyclic) bond motifs is 2. The van der Waals surface area contributed by atoms with Crippen molar-refractivity contribution in [3.8, 4) is 0 Å². The molecule has 18 heteroatoms. The van der Waals surface area contributed by atoms with Crippen LogP contribution >= 0.6 is 0 Å². The Morgan fingerprint density at radius 3 is 2.26 bits per heavy atom. The highest BCUT2D eigenvalue weighted by Gasteiger charge is 2.40. The number of guanidine groups is 1. The largest absolute Gasteiger partial charge is 0.370 e. The molecule has 6 atom stereocenters. The number of hydrogen-bond acceptors (Lipinski definition) is 8. The summed E-state index contributed by atoms with van der Waals surface area (Å²) in [4.78, 5) is 107. The molecule has 0 radical (unpaired) electrons. The highest BCUT2D eigenvalue weighted by molar-refractivity contribution is 5.98. The van der Waals surface area contributed by atoms with Gasteiger partial charge < -0.3 is 53.3 Å². The summed E-state index contributed by atoms with van der Waals surface area (Å²) in [6.07, 6.45) is 9.68. The lowest BCUT2D eigenvalue weighted by Gasteiger charge is -2.32. The second-order valence-electron chi connectivity index (χ2n) is 17.9. The van der Waals surface area contributed by atoms with Crippen molar-refractivity contribution in [3.63, 3.8) is 0 Å². The molecule has 356 valence electrons. The fourth-order valence-electron chi connectivity index (χ4n) is 9.45. The van der Waals surface area contributed by atoms with Crippen LogP contribution in [-0.2, 0) is 46.4 Å². The van der Waals surface area contributed by atoms with Gasteiger partial charge in [-0.3, -0.25) is 38.6 Å². The van der Waals surface area contributed by atoms with Crippen molar-refractivity contribution < 1.29 is 33.6 Å². The van der Waals surface area contributed by atoms with E-state index in [2.05, 4.69) is 41.9 Å². The Bertz CT molecular complexity index is 2190. The summed E-state index contributed by atoms with van der Waals surface area (Å²) in [5.74, 6) is -3.45. The molecule has 2 aliphatic heterocycles. The van der Waals surface area contributed by atoms with Crippen LogP contribution in [0.1, 0.15) is 102 Å². The van der Waals surface area contributed by atoms with E-state index in [0.29, 0.717) is 38.6 Å². The lowest BCUT2D eigenvalue weighted by atomic mass is 9.84. The van der Waals surface area contributed by atoms with Crippen LogP contribution in [0.15, 0.2) is 65.8 Å². The van der Waals surface area contributed by atoms with Crippen LogP contribution in [0.4, 0.5) is 0 Å². The van der Waals surface area contributed by atoms with E-state index >= 15 is 0 Å². The summed E-state index contributed by atoms with van der Waals surface area (Å²) in [5.41, 5.74) is 13.5. The van der Waals surface area contributed by atoms with Gasteiger partial charge in [-0.1, -0.05) is 80.6 Å². The van der Waals surface area contributed by atoms with Gasteiger partial charge in [0.15, 0.2) is 5.96 Å². The van der Waals surface area contributed by atoms with E-state index in [9.17, 15) is 33.6 Å². The Hall–Kier alpha value is -6.46. The first kappa shape index (κ1) is 49.0. The molecular weight excluding hydrogens is 843 g/mol. The van der Waals surface area contributed by atoms with E-state index in [1.807, 2.05) is 54.6 Å². The molecular formula is C48H67N11O7. The topological polar surface area (TPSA) is 275 Å². The summed E-state index contributed by atoms with van der Waals surface area (Å²) in [7, 11) is 0. The van der Waals surface area contributed by atoms with E-state index in [4.69, 9.17) is 11.5 Å². The van der Waals surface area contributed by atoms with Crippen molar-refractivity contribution in [3.05, 3.63) is 71.9 Å². The highest BCUT2D eigenvalue weighted by Crippen LogP contribution is 2.28. The Morgan fingerprint density at radius 2 is 1.50 bits per heavy atom. The van der Waals surface area contributed by atoms with Crippen LogP contribution in [0.2, 0.25) is 0 Å². The molecule has 1 saturated carbocycles. The van der Waals surface area contributed by atoms with E-state index < -0.39 is 77.6 Å². The third-order valence-corrected chi connectivity index (χ3v) is 12.9. The highest BCUT2D eigenvalue weighted by atomic mass is 16.2. The summed E-state index contributed by atoms with van der Waals surface area (Å²) in [5, 5.41) is 18.3. The molecule has 6 rings (SSSR count). The minimum atomic E-state index is -1.13. The number of nitrogens with zero attached hydrogens (tertiary/aromatic N) is 2. The van der Waals surface area contributed by atoms with Gasteiger partial charge in [-0.15, -0.1) is 0 Å². The first-order chi connectivity index (χ1) is 31.9. The van der Waals surface area contributed by atoms with Gasteiger partial charge in [0, 0.05) is 56.5 Å². The Balaban J connectivity index is 1.31. The maximum Gasteiger partial charge on any atom is 0.245 e. The SMILES string of the molecule is CC(=O)N[C@@H](Cc1ccccc1)C(=O)NC1CCCNC(=O)[C@H](CCCCN=C(N)N)NC(=O)[C@H](Cc2c[nH]c3ccccc23)NC(=O)[C@@H](CC2CCCCC2)NC(=O)[C@@H]2CCCN2C1=O. The number of carbonyl (C=O) groups excluding carboxylic acids is 7. The zero-order valence-electron chi connectivity index (χ0n) is 37.9. The minimum absolute atomic E-state index is 0.0545. The normalized spacial score (nSPS) is 23.3. The second-order valence-corrected chi connectivity index (χ2v) is 17.9. The molecule has 66 heavy (non-hydrogen) atoms. The van der Waals surface area contributed by atoms with E-state index in [0.717, 1.165) is 54.1 Å². The predicted molar refractivity (Wildman–Crippen MR) is 250 cm³/mol. The molecule has 2 aromatic carbocycles. The number of rotatable bonds is 14. The molecule has 3 aliphatic rings. The minimum Gasteiger partial charge on any atom is -0.370 e. The van der Waals surface area contributed by atoms with Crippen LogP contribution in [-0.4, -0.2) is 113 Å². The number of nitrogens with two attached hydrogens (primary N) is 2. The van der Waals surface area contributed by atoms with Gasteiger partial charge in [0.2, 0.25) is 41.4 Å². The molecule has 0 bridgehead atoms. The van der Waals surface area contributed by atoms with Gasteiger partial charge in [-0.2, -0.15) is 0 Å². The summed E-state index contributed by atoms with van der Waals surface area (Å²) in [6.45, 7) is 1.97. The van der Waals surface area contributed by atoms with Gasteiger partial charge in [0.1, 0.15) is 36.3 Å². The first-order valence-electron chi connectivity index (χ1n) is 23.6. The van der Waals surface area contributed by atoms with Gasteiger partial charge in [-0.25, -0.2) is 0 Å². The van der Waals surface area contributed by atoms with Gasteiger partial charge in [-0.05, 0) is 74.5 Å². The number of H-pyrrole nitrogens is 1. The van der Waals surface area contributed by atoms with Gasteiger partial charge in [0.05, 0.1) is 0 Å². The van der Waals surface area contributed by atoms with Crippen molar-refractivity contribution in [1.29, 1.82) is 0 Å². The Labute approximate surface area is 386 Å². The molecule has 11 N–H and O–H groups in total. The van der Waals surface area contributed by atoms with E-state index in [-0.39, 0.29) is 57.1 Å². The zero-order valence-corrected chi connectivity index (χ0v) is 37.9. The lowest BCUT2D eigenvalue weighted by Crippen LogP contribution is -2.60. The van der Waals surface area contributed by atoms with Crippen molar-refractivity contribution in [1.82, 2.24) is 41.8 Å². The molecule has 18 nitrogen and oxygen atoms in total.